The molecule has 0 unspecified atom stereocenters. The maximum atomic E-state index is 11.3. The molecule has 0 bridgehead atoms. The lowest BCUT2D eigenvalue weighted by molar-refractivity contribution is -0.123. The van der Waals surface area contributed by atoms with Crippen LogP contribution in [0.5, 0.6) is 0 Å². The molecule has 29 heavy (non-hydrogen) atoms. The van der Waals surface area contributed by atoms with Crippen molar-refractivity contribution < 1.29 is 4.79 Å². The quantitative estimate of drug-likeness (QED) is 0.302. The van der Waals surface area contributed by atoms with Gasteiger partial charge in [-0.05, 0) is 64.2 Å². The highest BCUT2D eigenvalue weighted by molar-refractivity contribution is 5.79. The molecule has 0 aliphatic carbocycles. The molecule has 4 N–H and O–H groups in total. The first kappa shape index (κ1) is 23.2. The van der Waals surface area contributed by atoms with Gasteiger partial charge in [-0.25, -0.2) is 4.99 Å². The van der Waals surface area contributed by atoms with Crippen LogP contribution < -0.4 is 16.4 Å². The smallest absolute Gasteiger partial charge is 0.220 e. The van der Waals surface area contributed by atoms with Crippen LogP contribution in [0.1, 0.15) is 56.6 Å². The third kappa shape index (κ3) is 9.31. The van der Waals surface area contributed by atoms with Crippen LogP contribution in [0.2, 0.25) is 0 Å². The monoisotopic (exact) mass is 401 g/mol. The van der Waals surface area contributed by atoms with Gasteiger partial charge in [-0.2, -0.15) is 0 Å². The van der Waals surface area contributed by atoms with Crippen molar-refractivity contribution in [3.05, 3.63) is 35.4 Å². The van der Waals surface area contributed by atoms with Gasteiger partial charge in [-0.3, -0.25) is 4.79 Å². The van der Waals surface area contributed by atoms with E-state index in [0.29, 0.717) is 6.54 Å². The Balaban J connectivity index is 1.68. The molecule has 1 aliphatic heterocycles. The SMILES string of the molecule is CCCCNC(=NCc1ccc(C)cc1)NCCCCN1CCC(C(N)=O)CC1. The fourth-order valence-electron chi connectivity index (χ4n) is 3.53. The molecule has 6 nitrogen and oxygen atoms in total. The summed E-state index contributed by atoms with van der Waals surface area (Å²) in [5.74, 6) is 0.845. The highest BCUT2D eigenvalue weighted by Gasteiger charge is 2.22. The molecule has 1 heterocycles. The highest BCUT2D eigenvalue weighted by atomic mass is 16.1. The summed E-state index contributed by atoms with van der Waals surface area (Å²) in [4.78, 5) is 18.5. The number of guanidine groups is 1. The van der Waals surface area contributed by atoms with Crippen molar-refractivity contribution in [1.29, 1.82) is 0 Å². The van der Waals surface area contributed by atoms with Crippen LogP contribution in [0.4, 0.5) is 0 Å². The van der Waals surface area contributed by atoms with Gasteiger partial charge in [0.2, 0.25) is 5.91 Å². The van der Waals surface area contributed by atoms with Gasteiger partial charge in [-0.1, -0.05) is 43.2 Å². The predicted octanol–water partition coefficient (Wildman–Crippen LogP) is 2.81. The lowest BCUT2D eigenvalue weighted by atomic mass is 9.96. The maximum Gasteiger partial charge on any atom is 0.220 e. The number of amides is 1. The number of aryl methyl sites for hydroxylation is 1. The summed E-state index contributed by atoms with van der Waals surface area (Å²) in [5.41, 5.74) is 7.91. The van der Waals surface area contributed by atoms with Gasteiger partial charge in [-0.15, -0.1) is 0 Å². The molecule has 0 spiro atoms. The van der Waals surface area contributed by atoms with Gasteiger partial charge in [0.1, 0.15) is 0 Å². The molecule has 162 valence electrons. The molecule has 0 saturated carbocycles. The normalized spacial score (nSPS) is 16.0. The van der Waals surface area contributed by atoms with E-state index in [0.717, 1.165) is 70.8 Å². The van der Waals surface area contributed by atoms with E-state index in [1.165, 1.54) is 17.5 Å². The first-order valence-electron chi connectivity index (χ1n) is 11.2. The number of rotatable bonds is 11. The zero-order valence-corrected chi connectivity index (χ0v) is 18.3. The molecule has 1 aliphatic rings. The predicted molar refractivity (Wildman–Crippen MR) is 121 cm³/mol. The third-order valence-electron chi connectivity index (χ3n) is 5.55. The van der Waals surface area contributed by atoms with Crippen molar-refractivity contribution in [3.8, 4) is 0 Å². The number of carbonyl (C=O) groups is 1. The van der Waals surface area contributed by atoms with Crippen LogP contribution in [0.15, 0.2) is 29.3 Å². The minimum absolute atomic E-state index is 0.0782. The fourth-order valence-corrected chi connectivity index (χ4v) is 3.53. The maximum absolute atomic E-state index is 11.3. The standard InChI is InChI=1S/C23H39N5O/c1-3-4-13-25-23(27-18-20-9-7-19(2)8-10-20)26-14-5-6-15-28-16-11-21(12-17-28)22(24)29/h7-10,21H,3-6,11-18H2,1-2H3,(H2,24,29)(H2,25,26,27). The lowest BCUT2D eigenvalue weighted by Gasteiger charge is -2.30. The van der Waals surface area contributed by atoms with E-state index in [1.807, 2.05) is 0 Å². The van der Waals surface area contributed by atoms with E-state index < -0.39 is 0 Å². The van der Waals surface area contributed by atoms with Gasteiger partial charge in [0.15, 0.2) is 5.96 Å². The van der Waals surface area contributed by atoms with Crippen molar-refractivity contribution in [2.24, 2.45) is 16.6 Å². The van der Waals surface area contributed by atoms with Crippen LogP contribution in [0.3, 0.4) is 0 Å². The van der Waals surface area contributed by atoms with Crippen LogP contribution in [-0.4, -0.2) is 49.5 Å². The number of nitrogens with zero attached hydrogens (tertiary/aromatic N) is 2. The molecule has 2 rings (SSSR count). The van der Waals surface area contributed by atoms with Crippen molar-refractivity contribution in [1.82, 2.24) is 15.5 Å². The number of piperidine rings is 1. The Labute approximate surface area is 176 Å². The fraction of sp³-hybridized carbons (Fsp3) is 0.652. The summed E-state index contributed by atoms with van der Waals surface area (Å²) in [6, 6.07) is 8.55. The van der Waals surface area contributed by atoms with E-state index in [9.17, 15) is 4.79 Å². The zero-order valence-electron chi connectivity index (χ0n) is 18.3. The zero-order chi connectivity index (χ0) is 20.9. The van der Waals surface area contributed by atoms with Crippen LogP contribution in [0, 0.1) is 12.8 Å². The molecule has 0 radical (unpaired) electrons. The van der Waals surface area contributed by atoms with Gasteiger partial charge in [0, 0.05) is 19.0 Å². The molecule has 0 aromatic heterocycles. The van der Waals surface area contributed by atoms with Crippen molar-refractivity contribution in [3.63, 3.8) is 0 Å². The summed E-state index contributed by atoms with van der Waals surface area (Å²) < 4.78 is 0. The second kappa shape index (κ2) is 13.2. The number of nitrogens with two attached hydrogens (primary N) is 1. The molecule has 1 saturated heterocycles. The Kier molecular flexibility index (Phi) is 10.6. The summed E-state index contributed by atoms with van der Waals surface area (Å²) >= 11 is 0. The lowest BCUT2D eigenvalue weighted by Crippen LogP contribution is -2.40. The Morgan fingerprint density at radius 2 is 1.76 bits per heavy atom. The van der Waals surface area contributed by atoms with Gasteiger partial charge < -0.3 is 21.3 Å². The second-order valence-electron chi connectivity index (χ2n) is 8.08. The molecule has 0 atom stereocenters. The first-order valence-corrected chi connectivity index (χ1v) is 11.2. The van der Waals surface area contributed by atoms with Gasteiger partial charge in [0.05, 0.1) is 6.54 Å². The van der Waals surface area contributed by atoms with E-state index in [4.69, 9.17) is 10.7 Å². The molecule has 1 fully saturated rings. The third-order valence-corrected chi connectivity index (χ3v) is 5.55. The van der Waals surface area contributed by atoms with E-state index in [-0.39, 0.29) is 11.8 Å². The number of likely N-dealkylation sites (tertiary alicyclic amines) is 1. The highest BCUT2D eigenvalue weighted by Crippen LogP contribution is 2.16. The number of unbranched alkanes of at least 4 members (excludes halogenated alkanes) is 2. The van der Waals surface area contributed by atoms with E-state index in [2.05, 4.69) is 53.6 Å². The average molecular weight is 402 g/mol. The minimum atomic E-state index is -0.137. The number of hydrogen-bond acceptors (Lipinski definition) is 3. The molecule has 1 amide bonds. The Hall–Kier alpha value is -2.08. The molecule has 1 aromatic carbocycles. The Bertz CT molecular complexity index is 621. The van der Waals surface area contributed by atoms with Crippen LogP contribution in [0.25, 0.3) is 0 Å². The Morgan fingerprint density at radius 1 is 1.10 bits per heavy atom. The molecule has 6 heteroatoms. The largest absolute Gasteiger partial charge is 0.369 e. The first-order chi connectivity index (χ1) is 14.1. The minimum Gasteiger partial charge on any atom is -0.369 e. The number of benzene rings is 1. The average Bonchev–Trinajstić information content (AvgIpc) is 2.73. The van der Waals surface area contributed by atoms with Crippen LogP contribution >= 0.6 is 0 Å². The molecule has 1 aromatic rings. The molecular weight excluding hydrogens is 362 g/mol. The van der Waals surface area contributed by atoms with Crippen molar-refractivity contribution >= 4 is 11.9 Å². The summed E-state index contributed by atoms with van der Waals surface area (Å²) in [5, 5.41) is 6.92. The van der Waals surface area contributed by atoms with Crippen molar-refractivity contribution in [2.75, 3.05) is 32.7 Å². The van der Waals surface area contributed by atoms with E-state index >= 15 is 0 Å². The summed E-state index contributed by atoms with van der Waals surface area (Å²) in [6.45, 7) is 9.93. The van der Waals surface area contributed by atoms with Crippen LogP contribution in [-0.2, 0) is 11.3 Å². The number of nitrogens with one attached hydrogen (secondary N) is 2. The number of carbonyl (C=O) groups excluding carboxylic acids is 1. The number of aliphatic imine (C=N–C) groups is 1. The van der Waals surface area contributed by atoms with Gasteiger partial charge >= 0.3 is 0 Å². The van der Waals surface area contributed by atoms with E-state index in [1.54, 1.807) is 0 Å². The summed E-state index contributed by atoms with van der Waals surface area (Å²) in [6.07, 6.45) is 6.38. The molecular formula is C23H39N5O. The topological polar surface area (TPSA) is 82.8 Å². The van der Waals surface area contributed by atoms with Gasteiger partial charge in [0.25, 0.3) is 0 Å². The Morgan fingerprint density at radius 3 is 2.38 bits per heavy atom. The number of primary amides is 1. The van der Waals surface area contributed by atoms with Crippen molar-refractivity contribution in [2.45, 2.75) is 58.9 Å². The number of hydrogen-bond donors (Lipinski definition) is 3. The second-order valence-corrected chi connectivity index (χ2v) is 8.08. The summed E-state index contributed by atoms with van der Waals surface area (Å²) in [7, 11) is 0.